The Balaban J connectivity index is 1.92. The molecular formula is C26H30Cl2N4O2. The zero-order valence-corrected chi connectivity index (χ0v) is 21.5. The Hall–Kier alpha value is -2.83. The first-order valence-corrected chi connectivity index (χ1v) is 12.1. The number of hydrogen-bond acceptors (Lipinski definition) is 3. The quantitative estimate of drug-likeness (QED) is 0.385. The summed E-state index contributed by atoms with van der Waals surface area (Å²) in [5, 5.41) is 8.45. The Kier molecular flexibility index (Phi) is 8.39. The average molecular weight is 501 g/mol. The van der Waals surface area contributed by atoms with Crippen LogP contribution in [0.3, 0.4) is 0 Å². The second-order valence-electron chi connectivity index (χ2n) is 9.17. The molecule has 3 rings (SSSR count). The van der Waals surface area contributed by atoms with Crippen molar-refractivity contribution < 1.29 is 9.59 Å². The molecule has 0 saturated carbocycles. The summed E-state index contributed by atoms with van der Waals surface area (Å²) in [7, 11) is 0. The third kappa shape index (κ3) is 6.39. The zero-order valence-electron chi connectivity index (χ0n) is 19.9. The average Bonchev–Trinajstić information content (AvgIpc) is 3.21. The highest BCUT2D eigenvalue weighted by molar-refractivity contribution is 6.42. The summed E-state index contributed by atoms with van der Waals surface area (Å²) in [6.07, 6.45) is 1.76. The molecule has 0 saturated heterocycles. The van der Waals surface area contributed by atoms with Crippen molar-refractivity contribution in [1.29, 1.82) is 0 Å². The van der Waals surface area contributed by atoms with Crippen LogP contribution in [-0.4, -0.2) is 39.6 Å². The predicted octanol–water partition coefficient (Wildman–Crippen LogP) is 6.46. The molecule has 1 aromatic heterocycles. The molecule has 0 bridgehead atoms. The van der Waals surface area contributed by atoms with Crippen LogP contribution in [0, 0.1) is 5.41 Å². The Labute approximate surface area is 210 Å². The van der Waals surface area contributed by atoms with E-state index < -0.39 is 5.41 Å². The maximum Gasteiger partial charge on any atom is 0.245 e. The van der Waals surface area contributed by atoms with Crippen molar-refractivity contribution in [2.75, 3.05) is 18.4 Å². The van der Waals surface area contributed by atoms with Gasteiger partial charge in [-0.25, -0.2) is 4.68 Å². The van der Waals surface area contributed by atoms with Crippen molar-refractivity contribution in [3.63, 3.8) is 0 Å². The second kappa shape index (κ2) is 11.1. The number of aromatic nitrogens is 2. The monoisotopic (exact) mass is 500 g/mol. The van der Waals surface area contributed by atoms with E-state index in [4.69, 9.17) is 28.3 Å². The molecule has 2 amide bonds. The molecule has 0 fully saturated rings. The van der Waals surface area contributed by atoms with E-state index in [1.54, 1.807) is 33.8 Å². The molecule has 1 N–H and O–H groups in total. The number of anilines is 1. The van der Waals surface area contributed by atoms with Gasteiger partial charge in [-0.05, 0) is 24.6 Å². The highest BCUT2D eigenvalue weighted by Crippen LogP contribution is 2.29. The summed E-state index contributed by atoms with van der Waals surface area (Å²) < 4.78 is 1.62. The van der Waals surface area contributed by atoms with Gasteiger partial charge >= 0.3 is 0 Å². The van der Waals surface area contributed by atoms with Gasteiger partial charge in [-0.1, -0.05) is 87.6 Å². The molecule has 0 spiro atoms. The number of amides is 2. The molecule has 6 nitrogen and oxygen atoms in total. The smallest absolute Gasteiger partial charge is 0.245 e. The Morgan fingerprint density at radius 3 is 2.35 bits per heavy atom. The number of nitrogens with one attached hydrogen (secondary N) is 1. The number of nitrogens with zero attached hydrogens (tertiary/aromatic N) is 3. The Bertz CT molecular complexity index is 1150. The van der Waals surface area contributed by atoms with Crippen molar-refractivity contribution in [3.05, 3.63) is 64.6 Å². The van der Waals surface area contributed by atoms with Crippen LogP contribution in [0.4, 0.5) is 5.82 Å². The van der Waals surface area contributed by atoms with E-state index in [2.05, 4.69) is 12.2 Å². The van der Waals surface area contributed by atoms with E-state index in [-0.39, 0.29) is 18.4 Å². The van der Waals surface area contributed by atoms with Crippen molar-refractivity contribution in [3.8, 4) is 16.9 Å². The molecule has 0 aliphatic rings. The number of unbranched alkanes of at least 4 members (excludes halogenated alkanes) is 1. The van der Waals surface area contributed by atoms with E-state index >= 15 is 0 Å². The normalized spacial score (nSPS) is 11.4. The molecule has 0 aliphatic heterocycles. The van der Waals surface area contributed by atoms with Gasteiger partial charge in [0, 0.05) is 23.6 Å². The van der Waals surface area contributed by atoms with Crippen LogP contribution in [-0.2, 0) is 9.59 Å². The van der Waals surface area contributed by atoms with Gasteiger partial charge in [-0.2, -0.15) is 5.10 Å². The van der Waals surface area contributed by atoms with Crippen molar-refractivity contribution in [1.82, 2.24) is 14.7 Å². The lowest BCUT2D eigenvalue weighted by molar-refractivity contribution is -0.141. The lowest BCUT2D eigenvalue weighted by Gasteiger charge is -2.29. The minimum Gasteiger partial charge on any atom is -0.333 e. The fourth-order valence-electron chi connectivity index (χ4n) is 3.47. The third-order valence-electron chi connectivity index (χ3n) is 5.24. The molecule has 3 aromatic rings. The lowest BCUT2D eigenvalue weighted by atomic mass is 9.94. The second-order valence-corrected chi connectivity index (χ2v) is 9.98. The summed E-state index contributed by atoms with van der Waals surface area (Å²) >= 11 is 12.3. The molecule has 0 atom stereocenters. The van der Waals surface area contributed by atoms with Crippen LogP contribution in [0.25, 0.3) is 16.9 Å². The van der Waals surface area contributed by atoms with Gasteiger partial charge in [0.15, 0.2) is 0 Å². The Morgan fingerprint density at radius 1 is 1.03 bits per heavy atom. The minimum atomic E-state index is -0.573. The summed E-state index contributed by atoms with van der Waals surface area (Å²) in [5.74, 6) is 0.120. The highest BCUT2D eigenvalue weighted by Gasteiger charge is 2.28. The van der Waals surface area contributed by atoms with Gasteiger partial charge in [0.25, 0.3) is 0 Å². The number of carbonyl (C=O) groups is 2. The largest absolute Gasteiger partial charge is 0.333 e. The van der Waals surface area contributed by atoms with E-state index in [0.29, 0.717) is 33.8 Å². The Morgan fingerprint density at radius 2 is 1.74 bits per heavy atom. The maximum absolute atomic E-state index is 13.1. The molecule has 0 radical (unpaired) electrons. The van der Waals surface area contributed by atoms with Crippen LogP contribution in [0.15, 0.2) is 54.6 Å². The standard InChI is InChI=1S/C26H30Cl2N4O2/c1-5-6-14-31(25(34)26(2,3)4)17-24(33)29-23-16-22(18-10-8-7-9-11-18)30-32(23)19-12-13-20(27)21(28)15-19/h7-13,15-16H,5-6,14,17H2,1-4H3,(H,29,33). The minimum absolute atomic E-state index is 0.0384. The van der Waals surface area contributed by atoms with Gasteiger partial charge in [-0.15, -0.1) is 0 Å². The first-order valence-electron chi connectivity index (χ1n) is 11.3. The van der Waals surface area contributed by atoms with E-state index in [9.17, 15) is 9.59 Å². The van der Waals surface area contributed by atoms with Crippen molar-refractivity contribution in [2.45, 2.75) is 40.5 Å². The number of carbonyl (C=O) groups excluding carboxylic acids is 2. The topological polar surface area (TPSA) is 67.2 Å². The first-order chi connectivity index (χ1) is 16.1. The lowest BCUT2D eigenvalue weighted by Crippen LogP contribution is -2.44. The van der Waals surface area contributed by atoms with Gasteiger partial charge in [0.2, 0.25) is 11.8 Å². The van der Waals surface area contributed by atoms with Crippen molar-refractivity contribution >= 4 is 40.8 Å². The fraction of sp³-hybridized carbons (Fsp3) is 0.346. The van der Waals surface area contributed by atoms with Crippen LogP contribution < -0.4 is 5.32 Å². The molecule has 8 heteroatoms. The number of hydrogen-bond donors (Lipinski definition) is 1. The third-order valence-corrected chi connectivity index (χ3v) is 5.98. The van der Waals surface area contributed by atoms with Gasteiger partial charge in [0.1, 0.15) is 5.82 Å². The molecule has 0 aliphatic carbocycles. The van der Waals surface area contributed by atoms with E-state index in [1.807, 2.05) is 51.1 Å². The van der Waals surface area contributed by atoms with Gasteiger partial charge < -0.3 is 10.2 Å². The van der Waals surface area contributed by atoms with Gasteiger partial charge in [-0.3, -0.25) is 9.59 Å². The summed E-state index contributed by atoms with van der Waals surface area (Å²) in [6, 6.07) is 16.6. The maximum atomic E-state index is 13.1. The van der Waals surface area contributed by atoms with Crippen LogP contribution in [0.5, 0.6) is 0 Å². The van der Waals surface area contributed by atoms with Crippen LogP contribution in [0.2, 0.25) is 10.0 Å². The fourth-order valence-corrected chi connectivity index (χ4v) is 3.76. The number of benzene rings is 2. The molecular weight excluding hydrogens is 471 g/mol. The summed E-state index contributed by atoms with van der Waals surface area (Å²) in [4.78, 5) is 27.6. The number of halogens is 2. The molecule has 0 unspecified atom stereocenters. The van der Waals surface area contributed by atoms with Crippen molar-refractivity contribution in [2.24, 2.45) is 5.41 Å². The zero-order chi connectivity index (χ0) is 24.9. The van der Waals surface area contributed by atoms with E-state index in [1.165, 1.54) is 0 Å². The van der Waals surface area contributed by atoms with Crippen LogP contribution in [0.1, 0.15) is 40.5 Å². The van der Waals surface area contributed by atoms with E-state index in [0.717, 1.165) is 18.4 Å². The molecule has 2 aromatic carbocycles. The summed E-state index contributed by atoms with van der Waals surface area (Å²) in [6.45, 7) is 8.12. The van der Waals surface area contributed by atoms with Crippen LogP contribution >= 0.6 is 23.2 Å². The predicted molar refractivity (Wildman–Crippen MR) is 139 cm³/mol. The highest BCUT2D eigenvalue weighted by atomic mass is 35.5. The molecule has 1 heterocycles. The molecule has 34 heavy (non-hydrogen) atoms. The first kappa shape index (κ1) is 25.8. The SMILES string of the molecule is CCCCN(CC(=O)Nc1cc(-c2ccccc2)nn1-c1ccc(Cl)c(Cl)c1)C(=O)C(C)(C)C. The molecule has 180 valence electrons. The summed E-state index contributed by atoms with van der Waals surface area (Å²) in [5.41, 5.74) is 1.68. The van der Waals surface area contributed by atoms with Gasteiger partial charge in [0.05, 0.1) is 28.0 Å². The number of rotatable bonds is 8.